The molecule has 0 unspecified atom stereocenters. The minimum Gasteiger partial charge on any atom is -0.277 e. The van der Waals surface area contributed by atoms with Gasteiger partial charge in [-0.3, -0.25) is 4.40 Å². The minimum atomic E-state index is 0.950. The number of aromatic nitrogens is 3. The molecule has 1 aromatic carbocycles. The van der Waals surface area contributed by atoms with Gasteiger partial charge in [-0.2, -0.15) is 4.37 Å². The first kappa shape index (κ1) is 10.2. The van der Waals surface area contributed by atoms with Crippen molar-refractivity contribution < 1.29 is 0 Å². The standard InChI is InChI=1S/C11H8IN3S/c1-7-14-16-11-13-10(6-15(7)11)8-2-4-9(12)5-3-8/h2-6H,1H3. The van der Waals surface area contributed by atoms with Crippen molar-refractivity contribution in [3.8, 4) is 11.3 Å². The lowest BCUT2D eigenvalue weighted by Crippen LogP contribution is -1.81. The number of hydrogen-bond acceptors (Lipinski definition) is 3. The van der Waals surface area contributed by atoms with Gasteiger partial charge in [-0.15, -0.1) is 0 Å². The quantitative estimate of drug-likeness (QED) is 0.636. The molecular formula is C11H8IN3S. The van der Waals surface area contributed by atoms with Gasteiger partial charge >= 0.3 is 0 Å². The van der Waals surface area contributed by atoms with Crippen LogP contribution < -0.4 is 0 Å². The first-order valence-corrected chi connectivity index (χ1v) is 6.66. The van der Waals surface area contributed by atoms with E-state index < -0.39 is 0 Å². The summed E-state index contributed by atoms with van der Waals surface area (Å²) in [4.78, 5) is 5.50. The van der Waals surface area contributed by atoms with E-state index in [1.165, 1.54) is 15.1 Å². The summed E-state index contributed by atoms with van der Waals surface area (Å²) >= 11 is 3.73. The van der Waals surface area contributed by atoms with Crippen molar-refractivity contribution >= 4 is 39.1 Å². The summed E-state index contributed by atoms with van der Waals surface area (Å²) in [6.45, 7) is 1.99. The second-order valence-corrected chi connectivity index (χ2v) is 5.49. The van der Waals surface area contributed by atoms with Crippen LogP contribution in [0.1, 0.15) is 5.82 Å². The molecular weight excluding hydrogens is 333 g/mol. The molecule has 3 rings (SSSR count). The van der Waals surface area contributed by atoms with E-state index in [1.54, 1.807) is 0 Å². The highest BCUT2D eigenvalue weighted by atomic mass is 127. The zero-order chi connectivity index (χ0) is 11.1. The molecule has 3 aromatic rings. The molecule has 5 heteroatoms. The fourth-order valence-electron chi connectivity index (χ4n) is 1.57. The van der Waals surface area contributed by atoms with Crippen LogP contribution in [0.25, 0.3) is 16.2 Å². The molecule has 0 fully saturated rings. The van der Waals surface area contributed by atoms with E-state index in [-0.39, 0.29) is 0 Å². The van der Waals surface area contributed by atoms with E-state index in [1.807, 2.05) is 17.5 Å². The Bertz CT molecular complexity index is 639. The Morgan fingerprint density at radius 2 is 2.00 bits per heavy atom. The maximum atomic E-state index is 4.55. The van der Waals surface area contributed by atoms with Crippen molar-refractivity contribution in [2.45, 2.75) is 6.92 Å². The predicted molar refractivity (Wildman–Crippen MR) is 73.8 cm³/mol. The molecule has 0 aliphatic rings. The molecule has 80 valence electrons. The molecule has 0 aliphatic carbocycles. The van der Waals surface area contributed by atoms with Crippen molar-refractivity contribution in [3.63, 3.8) is 0 Å². The van der Waals surface area contributed by atoms with Gasteiger partial charge in [0.1, 0.15) is 5.82 Å². The third-order valence-corrected chi connectivity index (χ3v) is 3.95. The summed E-state index contributed by atoms with van der Waals surface area (Å²) in [6.07, 6.45) is 2.04. The Hall–Kier alpha value is -0.950. The maximum absolute atomic E-state index is 4.55. The lowest BCUT2D eigenvalue weighted by atomic mass is 10.2. The summed E-state index contributed by atoms with van der Waals surface area (Å²) in [7, 11) is 0. The van der Waals surface area contributed by atoms with Gasteiger partial charge in [0.05, 0.1) is 5.69 Å². The molecule has 0 amide bonds. The van der Waals surface area contributed by atoms with Crippen molar-refractivity contribution in [2.75, 3.05) is 0 Å². The number of benzene rings is 1. The van der Waals surface area contributed by atoms with Gasteiger partial charge in [0.15, 0.2) is 0 Å². The average Bonchev–Trinajstić information content (AvgIpc) is 2.83. The number of imidazole rings is 1. The van der Waals surface area contributed by atoms with Crippen LogP contribution in [0.2, 0.25) is 0 Å². The summed E-state index contributed by atoms with van der Waals surface area (Å²) in [5.74, 6) is 0.990. The van der Waals surface area contributed by atoms with Gasteiger partial charge in [0.25, 0.3) is 0 Å². The normalized spacial score (nSPS) is 11.1. The zero-order valence-electron chi connectivity index (χ0n) is 8.51. The Balaban J connectivity index is 2.15. The van der Waals surface area contributed by atoms with Crippen LogP contribution in [0.4, 0.5) is 0 Å². The molecule has 3 nitrogen and oxygen atoms in total. The average molecular weight is 341 g/mol. The van der Waals surface area contributed by atoms with Crippen LogP contribution in [0, 0.1) is 10.5 Å². The summed E-state index contributed by atoms with van der Waals surface area (Å²) in [5.41, 5.74) is 2.16. The maximum Gasteiger partial charge on any atom is 0.213 e. The van der Waals surface area contributed by atoms with Crippen molar-refractivity contribution in [3.05, 3.63) is 39.9 Å². The Kier molecular flexibility index (Phi) is 2.44. The van der Waals surface area contributed by atoms with E-state index in [2.05, 4.69) is 56.2 Å². The van der Waals surface area contributed by atoms with Crippen LogP contribution in [0.15, 0.2) is 30.5 Å². The minimum absolute atomic E-state index is 0.950. The van der Waals surface area contributed by atoms with E-state index >= 15 is 0 Å². The highest BCUT2D eigenvalue weighted by molar-refractivity contribution is 14.1. The fourth-order valence-corrected chi connectivity index (χ4v) is 2.64. The number of rotatable bonds is 1. The smallest absolute Gasteiger partial charge is 0.213 e. The highest BCUT2D eigenvalue weighted by Crippen LogP contribution is 2.22. The molecule has 2 heterocycles. The van der Waals surface area contributed by atoms with Crippen LogP contribution >= 0.6 is 34.1 Å². The number of fused-ring (bicyclic) bond motifs is 1. The van der Waals surface area contributed by atoms with Crippen LogP contribution in [-0.2, 0) is 0 Å². The topological polar surface area (TPSA) is 30.2 Å². The summed E-state index contributed by atoms with van der Waals surface area (Å²) in [6, 6.07) is 8.37. The molecule has 2 aromatic heterocycles. The van der Waals surface area contributed by atoms with Gasteiger partial charge in [0.2, 0.25) is 4.96 Å². The van der Waals surface area contributed by atoms with Crippen LogP contribution in [-0.4, -0.2) is 13.8 Å². The van der Waals surface area contributed by atoms with Crippen LogP contribution in [0.3, 0.4) is 0 Å². The monoisotopic (exact) mass is 341 g/mol. The predicted octanol–water partition coefficient (Wildman–Crippen LogP) is 3.37. The number of aryl methyl sites for hydroxylation is 1. The van der Waals surface area contributed by atoms with Gasteiger partial charge in [-0.05, 0) is 41.6 Å². The Labute approximate surface area is 110 Å². The van der Waals surface area contributed by atoms with Gasteiger partial charge in [-0.1, -0.05) is 12.1 Å². The van der Waals surface area contributed by atoms with Gasteiger partial charge < -0.3 is 0 Å². The second kappa shape index (κ2) is 3.81. The third kappa shape index (κ3) is 1.63. The van der Waals surface area contributed by atoms with Gasteiger partial charge in [-0.25, -0.2) is 4.98 Å². The zero-order valence-corrected chi connectivity index (χ0v) is 11.5. The number of nitrogens with zero attached hydrogens (tertiary/aromatic N) is 3. The van der Waals surface area contributed by atoms with E-state index in [0.717, 1.165) is 22.0 Å². The number of halogens is 1. The van der Waals surface area contributed by atoms with Gasteiger partial charge in [0, 0.05) is 26.9 Å². The first-order chi connectivity index (χ1) is 7.74. The molecule has 0 N–H and O–H groups in total. The van der Waals surface area contributed by atoms with Crippen molar-refractivity contribution in [2.24, 2.45) is 0 Å². The fraction of sp³-hybridized carbons (Fsp3) is 0.0909. The third-order valence-electron chi connectivity index (χ3n) is 2.42. The summed E-state index contributed by atoms with van der Waals surface area (Å²) in [5, 5.41) is 0. The molecule has 0 bridgehead atoms. The highest BCUT2D eigenvalue weighted by Gasteiger charge is 2.07. The van der Waals surface area contributed by atoms with Crippen molar-refractivity contribution in [1.82, 2.24) is 13.8 Å². The molecule has 0 spiro atoms. The van der Waals surface area contributed by atoms with E-state index in [4.69, 9.17) is 0 Å². The summed E-state index contributed by atoms with van der Waals surface area (Å²) < 4.78 is 7.51. The largest absolute Gasteiger partial charge is 0.277 e. The van der Waals surface area contributed by atoms with Crippen molar-refractivity contribution in [1.29, 1.82) is 0 Å². The first-order valence-electron chi connectivity index (χ1n) is 4.81. The SMILES string of the molecule is Cc1nsc2nc(-c3ccc(I)cc3)cn12. The Morgan fingerprint density at radius 3 is 2.69 bits per heavy atom. The molecule has 0 saturated heterocycles. The van der Waals surface area contributed by atoms with E-state index in [0.29, 0.717) is 0 Å². The molecule has 0 saturated carbocycles. The van der Waals surface area contributed by atoms with Crippen LogP contribution in [0.5, 0.6) is 0 Å². The molecule has 0 radical (unpaired) electrons. The molecule has 0 aliphatic heterocycles. The lowest BCUT2D eigenvalue weighted by Gasteiger charge is -1.95. The second-order valence-electron chi connectivity index (χ2n) is 3.52. The molecule has 16 heavy (non-hydrogen) atoms. The molecule has 0 atom stereocenters. The van der Waals surface area contributed by atoms with E-state index in [9.17, 15) is 0 Å². The lowest BCUT2D eigenvalue weighted by molar-refractivity contribution is 1.07. The number of hydrogen-bond donors (Lipinski definition) is 0. The Morgan fingerprint density at radius 1 is 1.25 bits per heavy atom.